The van der Waals surface area contributed by atoms with Gasteiger partial charge in [0.1, 0.15) is 5.71 Å². The molecule has 5 nitrogen and oxygen atoms in total. The Hall–Kier alpha value is -4.51. The third-order valence-electron chi connectivity index (χ3n) is 6.29. The number of hydrogen-bond donors (Lipinski definition) is 0. The van der Waals surface area contributed by atoms with Crippen molar-refractivity contribution in [2.45, 2.75) is 46.4 Å². The predicted octanol–water partition coefficient (Wildman–Crippen LogP) is 7.10. The Bertz CT molecular complexity index is 1270. The number of rotatable bonds is 13. The van der Waals surface area contributed by atoms with Gasteiger partial charge in [-0.1, -0.05) is 128 Å². The number of carbonyl (C=O) groups excluding carboxylic acids is 1. The smallest absolute Gasteiger partial charge is 0.184 e. The molecule has 4 rings (SSSR count). The van der Waals surface area contributed by atoms with Gasteiger partial charge in [0, 0.05) is 6.42 Å². The summed E-state index contributed by atoms with van der Waals surface area (Å²) in [6.07, 6.45) is 0.355. The van der Waals surface area contributed by atoms with E-state index >= 15 is 0 Å². The lowest BCUT2D eigenvalue weighted by Crippen LogP contribution is -2.30. The first-order valence-corrected chi connectivity index (χ1v) is 13.4. The van der Waals surface area contributed by atoms with Gasteiger partial charge in [0.2, 0.25) is 0 Å². The van der Waals surface area contributed by atoms with Crippen molar-refractivity contribution in [3.63, 3.8) is 0 Å². The van der Waals surface area contributed by atoms with Gasteiger partial charge in [-0.3, -0.25) is 14.8 Å². The molecule has 0 fully saturated rings. The van der Waals surface area contributed by atoms with Crippen LogP contribution < -0.4 is 0 Å². The number of ketones is 1. The maximum absolute atomic E-state index is 13.2. The molecule has 39 heavy (non-hydrogen) atoms. The van der Waals surface area contributed by atoms with Crippen molar-refractivity contribution in [3.05, 3.63) is 144 Å². The second kappa shape index (κ2) is 14.4. The lowest BCUT2D eigenvalue weighted by molar-refractivity contribution is -0.112. The summed E-state index contributed by atoms with van der Waals surface area (Å²) in [4.78, 5) is 13.2. The molecule has 198 valence electrons. The molecular formula is C34H36N4O. The van der Waals surface area contributed by atoms with Gasteiger partial charge in [-0.25, -0.2) is 0 Å². The van der Waals surface area contributed by atoms with Crippen molar-refractivity contribution in [2.24, 2.45) is 10.2 Å². The molecule has 0 bridgehead atoms. The molecule has 0 heterocycles. The van der Waals surface area contributed by atoms with Gasteiger partial charge in [0.15, 0.2) is 5.78 Å². The quantitative estimate of drug-likeness (QED) is 0.141. The normalized spacial score (nSPS) is 11.7. The Kier molecular flexibility index (Phi) is 10.2. The zero-order valence-corrected chi connectivity index (χ0v) is 22.8. The molecule has 0 aliphatic carbocycles. The van der Waals surface area contributed by atoms with Gasteiger partial charge in [0.25, 0.3) is 0 Å². The van der Waals surface area contributed by atoms with Gasteiger partial charge < -0.3 is 0 Å². The average molecular weight is 517 g/mol. The summed E-state index contributed by atoms with van der Waals surface area (Å²) >= 11 is 0. The Balaban J connectivity index is 1.68. The van der Waals surface area contributed by atoms with Crippen LogP contribution in [0.3, 0.4) is 0 Å². The first-order chi connectivity index (χ1) is 19.1. The van der Waals surface area contributed by atoms with E-state index in [1.54, 1.807) is 0 Å². The third-order valence-corrected chi connectivity index (χ3v) is 6.29. The molecule has 0 N–H and O–H groups in total. The van der Waals surface area contributed by atoms with E-state index in [1.165, 1.54) is 0 Å². The molecule has 5 heteroatoms. The van der Waals surface area contributed by atoms with Gasteiger partial charge in [-0.15, -0.1) is 0 Å². The Morgan fingerprint density at radius 3 is 1.15 bits per heavy atom. The first-order valence-electron chi connectivity index (χ1n) is 13.4. The molecule has 0 aliphatic heterocycles. The summed E-state index contributed by atoms with van der Waals surface area (Å²) in [5.41, 5.74) is 5.57. The second-order valence-corrected chi connectivity index (χ2v) is 9.50. The standard InChI is InChI=1S/C34H36N4O/c1-3-33(39)34(36-38(26-31-20-12-6-13-21-31)27-32-22-14-7-15-23-32)28(2)35-37(24-29-16-8-4-9-17-29)25-30-18-10-5-11-19-30/h4-23H,3,24-27H2,1-2H3/b35-28+,36-34-. The predicted molar refractivity (Wildman–Crippen MR) is 160 cm³/mol. The highest BCUT2D eigenvalue weighted by Gasteiger charge is 2.18. The number of hydrazone groups is 2. The molecule has 0 unspecified atom stereocenters. The van der Waals surface area contributed by atoms with Gasteiger partial charge in [0.05, 0.1) is 31.9 Å². The molecule has 0 radical (unpaired) electrons. The van der Waals surface area contributed by atoms with Crippen molar-refractivity contribution in [2.75, 3.05) is 0 Å². The van der Waals surface area contributed by atoms with Crippen LogP contribution >= 0.6 is 0 Å². The summed E-state index contributed by atoms with van der Waals surface area (Å²) in [6.45, 7) is 6.17. The molecule has 0 spiro atoms. The summed E-state index contributed by atoms with van der Waals surface area (Å²) in [5, 5.41) is 13.9. The molecule has 0 saturated carbocycles. The minimum absolute atomic E-state index is 0.0262. The largest absolute Gasteiger partial charge is 0.292 e. The van der Waals surface area contributed by atoms with Gasteiger partial charge >= 0.3 is 0 Å². The number of benzene rings is 4. The molecular weight excluding hydrogens is 480 g/mol. The van der Waals surface area contributed by atoms with Crippen LogP contribution in [-0.4, -0.2) is 27.2 Å². The highest BCUT2D eigenvalue weighted by atomic mass is 16.1. The number of nitrogens with zero attached hydrogens (tertiary/aromatic N) is 4. The van der Waals surface area contributed by atoms with E-state index in [0.717, 1.165) is 22.3 Å². The van der Waals surface area contributed by atoms with Crippen molar-refractivity contribution in [1.29, 1.82) is 0 Å². The molecule has 0 atom stereocenters. The topological polar surface area (TPSA) is 48.3 Å². The van der Waals surface area contributed by atoms with Crippen LogP contribution in [-0.2, 0) is 31.0 Å². The first kappa shape index (κ1) is 27.5. The van der Waals surface area contributed by atoms with E-state index in [1.807, 2.05) is 96.7 Å². The monoisotopic (exact) mass is 516 g/mol. The van der Waals surface area contributed by atoms with Gasteiger partial charge in [-0.05, 0) is 29.2 Å². The van der Waals surface area contributed by atoms with E-state index in [9.17, 15) is 4.79 Å². The fraction of sp³-hybridized carbons (Fsp3) is 0.206. The molecule has 0 aliphatic rings. The maximum atomic E-state index is 13.2. The SMILES string of the molecule is CCC(=O)C(=N\N(Cc1ccccc1)Cc1ccccc1)/C(C)=N/N(Cc1ccccc1)Cc1ccccc1. The lowest BCUT2D eigenvalue weighted by atomic mass is 10.1. The van der Waals surface area contributed by atoms with Crippen LogP contribution in [0.4, 0.5) is 0 Å². The summed E-state index contributed by atoms with van der Waals surface area (Å²) in [6, 6.07) is 41.0. The van der Waals surface area contributed by atoms with Crippen molar-refractivity contribution >= 4 is 17.2 Å². The highest BCUT2D eigenvalue weighted by Crippen LogP contribution is 2.14. The van der Waals surface area contributed by atoms with Crippen LogP contribution in [0.15, 0.2) is 132 Å². The fourth-order valence-corrected chi connectivity index (χ4v) is 4.33. The van der Waals surface area contributed by atoms with Crippen molar-refractivity contribution < 1.29 is 4.79 Å². The van der Waals surface area contributed by atoms with Gasteiger partial charge in [-0.2, -0.15) is 10.2 Å². The summed E-state index contributed by atoms with van der Waals surface area (Å²) in [5.74, 6) is -0.0262. The Labute approximate surface area is 232 Å². The lowest BCUT2D eigenvalue weighted by Gasteiger charge is -2.23. The van der Waals surface area contributed by atoms with E-state index in [0.29, 0.717) is 44.0 Å². The van der Waals surface area contributed by atoms with Crippen LogP contribution in [0, 0.1) is 0 Å². The fourth-order valence-electron chi connectivity index (χ4n) is 4.33. The van der Waals surface area contributed by atoms with Crippen LogP contribution in [0.2, 0.25) is 0 Å². The molecule has 4 aromatic rings. The number of Topliss-reactive ketones (excluding diaryl/α,β-unsaturated/α-hetero) is 1. The van der Waals surface area contributed by atoms with Crippen molar-refractivity contribution in [1.82, 2.24) is 10.0 Å². The van der Waals surface area contributed by atoms with Crippen LogP contribution in [0.5, 0.6) is 0 Å². The molecule has 0 amide bonds. The Morgan fingerprint density at radius 1 is 0.538 bits per heavy atom. The number of carbonyl (C=O) groups is 1. The molecule has 0 aromatic heterocycles. The zero-order valence-electron chi connectivity index (χ0n) is 22.8. The van der Waals surface area contributed by atoms with E-state index in [4.69, 9.17) is 10.2 Å². The highest BCUT2D eigenvalue weighted by molar-refractivity contribution is 6.66. The van der Waals surface area contributed by atoms with Crippen LogP contribution in [0.25, 0.3) is 0 Å². The van der Waals surface area contributed by atoms with Crippen molar-refractivity contribution in [3.8, 4) is 0 Å². The molecule has 0 saturated heterocycles. The maximum Gasteiger partial charge on any atom is 0.184 e. The van der Waals surface area contributed by atoms with E-state index in [2.05, 4.69) is 48.5 Å². The third kappa shape index (κ3) is 8.78. The van der Waals surface area contributed by atoms with Crippen LogP contribution in [0.1, 0.15) is 42.5 Å². The number of hydrogen-bond acceptors (Lipinski definition) is 5. The summed E-state index contributed by atoms with van der Waals surface area (Å²) < 4.78 is 0. The average Bonchev–Trinajstić information content (AvgIpc) is 2.97. The van der Waals surface area contributed by atoms with E-state index < -0.39 is 0 Å². The second-order valence-electron chi connectivity index (χ2n) is 9.50. The van der Waals surface area contributed by atoms with E-state index in [-0.39, 0.29) is 5.78 Å². The minimum Gasteiger partial charge on any atom is -0.292 e. The zero-order chi connectivity index (χ0) is 27.3. The summed E-state index contributed by atoms with van der Waals surface area (Å²) in [7, 11) is 0. The molecule has 4 aromatic carbocycles. The Morgan fingerprint density at radius 2 is 0.846 bits per heavy atom. The minimum atomic E-state index is -0.0262.